The summed E-state index contributed by atoms with van der Waals surface area (Å²) >= 11 is 1.85. The summed E-state index contributed by atoms with van der Waals surface area (Å²) in [7, 11) is 0. The Morgan fingerprint density at radius 2 is 2.00 bits per heavy atom. The maximum Gasteiger partial charge on any atom is 0.235 e. The molecule has 0 bridgehead atoms. The fraction of sp³-hybridized carbons (Fsp3) is 0.133. The predicted octanol–water partition coefficient (Wildman–Crippen LogP) is 0.840. The van der Waals surface area contributed by atoms with E-state index in [1.807, 2.05) is 17.4 Å². The standard InChI is InChI=1S/C15H14NS.HI/c1-3-10-16-11(2)17-14-9-8-12-6-4-5-7-13(12)15(14)16;/h3-9H,1,10H2,2H3;1H/q+1;/p-1. The number of thiazole rings is 1. The van der Waals surface area contributed by atoms with Crippen LogP contribution in [-0.2, 0) is 6.54 Å². The molecule has 0 fully saturated rings. The molecular formula is C15H14INS. The fourth-order valence-electron chi connectivity index (χ4n) is 2.32. The van der Waals surface area contributed by atoms with E-state index in [0.29, 0.717) is 0 Å². The predicted molar refractivity (Wildman–Crippen MR) is 74.5 cm³/mol. The highest BCUT2D eigenvalue weighted by atomic mass is 127. The summed E-state index contributed by atoms with van der Waals surface area (Å²) in [5, 5.41) is 3.96. The highest BCUT2D eigenvalue weighted by Crippen LogP contribution is 2.27. The van der Waals surface area contributed by atoms with Gasteiger partial charge in [0.2, 0.25) is 10.5 Å². The maximum absolute atomic E-state index is 3.85. The average molecular weight is 367 g/mol. The first kappa shape index (κ1) is 13.5. The van der Waals surface area contributed by atoms with Gasteiger partial charge in [0.05, 0.1) is 5.39 Å². The number of rotatable bonds is 2. The molecular weight excluding hydrogens is 353 g/mol. The lowest BCUT2D eigenvalue weighted by atomic mass is 10.1. The summed E-state index contributed by atoms with van der Waals surface area (Å²) in [4.78, 5) is 0. The fourth-order valence-corrected chi connectivity index (χ4v) is 3.36. The van der Waals surface area contributed by atoms with Crippen molar-refractivity contribution in [1.29, 1.82) is 0 Å². The highest BCUT2D eigenvalue weighted by Gasteiger charge is 2.18. The molecule has 1 nitrogen and oxygen atoms in total. The van der Waals surface area contributed by atoms with E-state index < -0.39 is 0 Å². The van der Waals surface area contributed by atoms with Crippen molar-refractivity contribution in [2.45, 2.75) is 13.5 Å². The molecule has 0 spiro atoms. The second-order valence-corrected chi connectivity index (χ2v) is 5.39. The minimum absolute atomic E-state index is 0. The van der Waals surface area contributed by atoms with Crippen molar-refractivity contribution in [1.82, 2.24) is 0 Å². The third kappa shape index (κ3) is 2.06. The number of allylic oxidation sites excluding steroid dienone is 1. The molecule has 0 aliphatic rings. The highest BCUT2D eigenvalue weighted by molar-refractivity contribution is 7.18. The topological polar surface area (TPSA) is 3.88 Å². The van der Waals surface area contributed by atoms with Crippen LogP contribution < -0.4 is 28.5 Å². The van der Waals surface area contributed by atoms with Crippen LogP contribution in [0, 0.1) is 6.92 Å². The molecule has 0 radical (unpaired) electrons. The lowest BCUT2D eigenvalue weighted by molar-refractivity contribution is -0.661. The Bertz CT molecular complexity index is 715. The van der Waals surface area contributed by atoms with E-state index in [9.17, 15) is 0 Å². The van der Waals surface area contributed by atoms with Gasteiger partial charge in [-0.05, 0) is 23.6 Å². The lowest BCUT2D eigenvalue weighted by Crippen LogP contribution is -3.00. The first-order chi connectivity index (χ1) is 8.31. The number of hydrogen-bond acceptors (Lipinski definition) is 1. The molecule has 0 saturated heterocycles. The Balaban J connectivity index is 0.00000120. The normalized spacial score (nSPS) is 10.5. The molecule has 0 aliphatic carbocycles. The number of halogens is 1. The zero-order valence-corrected chi connectivity index (χ0v) is 13.2. The van der Waals surface area contributed by atoms with Crippen LogP contribution in [0.4, 0.5) is 0 Å². The van der Waals surface area contributed by atoms with Crippen LogP contribution in [0.2, 0.25) is 0 Å². The summed E-state index contributed by atoms with van der Waals surface area (Å²) in [6, 6.07) is 13.0. The largest absolute Gasteiger partial charge is 1.00 e. The molecule has 18 heavy (non-hydrogen) atoms. The molecule has 0 saturated carbocycles. The van der Waals surface area contributed by atoms with E-state index in [1.54, 1.807) is 0 Å². The third-order valence-corrected chi connectivity index (χ3v) is 4.15. The summed E-state index contributed by atoms with van der Waals surface area (Å²) in [5.74, 6) is 0. The first-order valence-corrected chi connectivity index (χ1v) is 6.54. The molecule has 1 heterocycles. The Morgan fingerprint density at radius 1 is 1.22 bits per heavy atom. The van der Waals surface area contributed by atoms with E-state index in [1.165, 1.54) is 26.0 Å². The maximum atomic E-state index is 3.85. The van der Waals surface area contributed by atoms with Crippen molar-refractivity contribution in [2.75, 3.05) is 0 Å². The van der Waals surface area contributed by atoms with E-state index in [4.69, 9.17) is 0 Å². The molecule has 0 aliphatic heterocycles. The first-order valence-electron chi connectivity index (χ1n) is 5.73. The van der Waals surface area contributed by atoms with Gasteiger partial charge in [0.1, 0.15) is 4.70 Å². The van der Waals surface area contributed by atoms with Gasteiger partial charge < -0.3 is 24.0 Å². The lowest BCUT2D eigenvalue weighted by Gasteiger charge is -1.97. The molecule has 0 N–H and O–H groups in total. The van der Waals surface area contributed by atoms with Gasteiger partial charge in [0.25, 0.3) is 0 Å². The van der Waals surface area contributed by atoms with Crippen molar-refractivity contribution in [3.05, 3.63) is 54.1 Å². The number of nitrogens with zero attached hydrogens (tertiary/aromatic N) is 1. The van der Waals surface area contributed by atoms with Crippen molar-refractivity contribution in [2.24, 2.45) is 0 Å². The van der Waals surface area contributed by atoms with Crippen molar-refractivity contribution < 1.29 is 28.5 Å². The Morgan fingerprint density at radius 3 is 2.78 bits per heavy atom. The van der Waals surface area contributed by atoms with Crippen LogP contribution in [0.5, 0.6) is 0 Å². The Hall–Kier alpha value is -0.940. The quantitative estimate of drug-likeness (QED) is 0.359. The molecule has 3 heteroatoms. The van der Waals surface area contributed by atoms with Gasteiger partial charge in [-0.15, -0.1) is 0 Å². The van der Waals surface area contributed by atoms with E-state index >= 15 is 0 Å². The number of benzene rings is 2. The summed E-state index contributed by atoms with van der Waals surface area (Å²) in [6.07, 6.45) is 1.96. The van der Waals surface area contributed by atoms with Gasteiger partial charge in [-0.3, -0.25) is 0 Å². The zero-order valence-electron chi connectivity index (χ0n) is 10.2. The number of hydrogen-bond donors (Lipinski definition) is 0. The molecule has 3 aromatic rings. The number of aryl methyl sites for hydroxylation is 1. The van der Waals surface area contributed by atoms with Crippen LogP contribution in [0.1, 0.15) is 5.01 Å². The molecule has 0 amide bonds. The van der Waals surface area contributed by atoms with Gasteiger partial charge >= 0.3 is 0 Å². The van der Waals surface area contributed by atoms with Gasteiger partial charge in [-0.25, -0.2) is 0 Å². The summed E-state index contributed by atoms with van der Waals surface area (Å²) in [6.45, 7) is 6.89. The Kier molecular flexibility index (Phi) is 4.02. The second kappa shape index (κ2) is 5.36. The number of fused-ring (bicyclic) bond motifs is 3. The average Bonchev–Trinajstić information content (AvgIpc) is 2.67. The van der Waals surface area contributed by atoms with Gasteiger partial charge in [-0.2, -0.15) is 4.57 Å². The Labute approximate surface area is 128 Å². The molecule has 1 aromatic heterocycles. The van der Waals surface area contributed by atoms with Crippen molar-refractivity contribution in [3.63, 3.8) is 0 Å². The van der Waals surface area contributed by atoms with Gasteiger partial charge in [0.15, 0.2) is 6.54 Å². The molecule has 2 aromatic carbocycles. The SMILES string of the molecule is C=CC[n+]1c(C)sc2ccc3ccccc3c21.[I-]. The third-order valence-electron chi connectivity index (χ3n) is 3.08. The minimum atomic E-state index is 0. The van der Waals surface area contributed by atoms with Gasteiger partial charge in [-0.1, -0.05) is 42.2 Å². The smallest absolute Gasteiger partial charge is 0.235 e. The van der Waals surface area contributed by atoms with E-state index in [2.05, 4.69) is 54.5 Å². The van der Waals surface area contributed by atoms with Crippen LogP contribution in [0.15, 0.2) is 49.1 Å². The zero-order chi connectivity index (χ0) is 11.8. The van der Waals surface area contributed by atoms with Crippen molar-refractivity contribution >= 4 is 32.3 Å². The van der Waals surface area contributed by atoms with Crippen LogP contribution >= 0.6 is 11.3 Å². The number of aromatic nitrogens is 1. The second-order valence-electron chi connectivity index (χ2n) is 4.15. The minimum Gasteiger partial charge on any atom is -1.00 e. The van der Waals surface area contributed by atoms with Crippen molar-refractivity contribution in [3.8, 4) is 0 Å². The monoisotopic (exact) mass is 367 g/mol. The molecule has 0 atom stereocenters. The van der Waals surface area contributed by atoms with Crippen LogP contribution in [-0.4, -0.2) is 0 Å². The van der Waals surface area contributed by atoms with Gasteiger partial charge in [0, 0.05) is 6.92 Å². The summed E-state index contributed by atoms with van der Waals surface area (Å²) < 4.78 is 3.69. The van der Waals surface area contributed by atoms with Crippen LogP contribution in [0.25, 0.3) is 21.0 Å². The summed E-state index contributed by atoms with van der Waals surface area (Å²) in [5.41, 5.74) is 1.34. The molecule has 92 valence electrons. The molecule has 0 unspecified atom stereocenters. The van der Waals surface area contributed by atoms with E-state index in [-0.39, 0.29) is 24.0 Å². The van der Waals surface area contributed by atoms with E-state index in [0.717, 1.165) is 6.54 Å². The molecule has 3 rings (SSSR count). The van der Waals surface area contributed by atoms with Crippen LogP contribution in [0.3, 0.4) is 0 Å².